The van der Waals surface area contributed by atoms with E-state index in [9.17, 15) is 18.0 Å². The maximum Gasteiger partial charge on any atom is 0.242 e. The summed E-state index contributed by atoms with van der Waals surface area (Å²) in [7, 11) is -0.438. The Morgan fingerprint density at radius 1 is 1.09 bits per heavy atom. The first-order chi connectivity index (χ1) is 16.1. The fraction of sp³-hybridized carbons (Fsp3) is 0.417. The minimum atomic E-state index is -3.55. The number of methoxy groups -OCH3 is 1. The Morgan fingerprint density at radius 3 is 2.21 bits per heavy atom. The summed E-state index contributed by atoms with van der Waals surface area (Å²) in [5.41, 5.74) is 1.33. The molecule has 10 heteroatoms. The summed E-state index contributed by atoms with van der Waals surface area (Å²) in [5.74, 6) is 0.224. The van der Waals surface area contributed by atoms with Gasteiger partial charge in [-0.15, -0.1) is 0 Å². The van der Waals surface area contributed by atoms with Crippen LogP contribution in [0.2, 0.25) is 5.02 Å². The molecule has 1 N–H and O–H groups in total. The summed E-state index contributed by atoms with van der Waals surface area (Å²) >= 11 is 5.92. The van der Waals surface area contributed by atoms with E-state index >= 15 is 0 Å². The molecule has 0 heterocycles. The molecule has 2 rings (SSSR count). The van der Waals surface area contributed by atoms with Crippen LogP contribution in [-0.2, 0) is 26.2 Å². The summed E-state index contributed by atoms with van der Waals surface area (Å²) in [4.78, 5) is 27.3. The molecule has 2 aromatic rings. The molecule has 2 amide bonds. The van der Waals surface area contributed by atoms with Gasteiger partial charge in [0.05, 0.1) is 19.1 Å². The van der Waals surface area contributed by atoms with Gasteiger partial charge in [0.1, 0.15) is 11.8 Å². The number of hydrogen-bond donors (Lipinski definition) is 1. The monoisotopic (exact) mass is 509 g/mol. The highest BCUT2D eigenvalue weighted by atomic mass is 35.5. The molecule has 34 heavy (non-hydrogen) atoms. The van der Waals surface area contributed by atoms with Gasteiger partial charge in [-0.2, -0.15) is 0 Å². The molecule has 0 aromatic heterocycles. The number of amides is 2. The lowest BCUT2D eigenvalue weighted by atomic mass is 10.1. The third-order valence-corrected chi connectivity index (χ3v) is 6.86. The third kappa shape index (κ3) is 7.63. The summed E-state index contributed by atoms with van der Waals surface area (Å²) in [6.45, 7) is 2.22. The van der Waals surface area contributed by atoms with Crippen LogP contribution in [0.4, 0.5) is 5.69 Å². The summed E-state index contributed by atoms with van der Waals surface area (Å²) in [6.07, 6.45) is 1.95. The Kier molecular flexibility index (Phi) is 10.2. The first-order valence-electron chi connectivity index (χ1n) is 11.0. The maximum absolute atomic E-state index is 13.2. The predicted octanol–water partition coefficient (Wildman–Crippen LogP) is 3.45. The number of sulfonamides is 1. The van der Waals surface area contributed by atoms with Crippen LogP contribution in [0.25, 0.3) is 0 Å². The van der Waals surface area contributed by atoms with Crippen molar-refractivity contribution in [2.24, 2.45) is 0 Å². The molecule has 0 fully saturated rings. The maximum atomic E-state index is 13.2. The fourth-order valence-corrected chi connectivity index (χ4v) is 4.72. The van der Waals surface area contributed by atoms with Crippen molar-refractivity contribution in [3.8, 4) is 5.75 Å². The number of likely N-dealkylation sites (N-methyl/N-ethyl adjacent to an activating group) is 1. The van der Waals surface area contributed by atoms with Crippen LogP contribution in [0.1, 0.15) is 31.7 Å². The van der Waals surface area contributed by atoms with Crippen molar-refractivity contribution in [2.45, 2.75) is 38.8 Å². The van der Waals surface area contributed by atoms with E-state index in [4.69, 9.17) is 16.3 Å². The first-order valence-corrected chi connectivity index (χ1v) is 13.2. The van der Waals surface area contributed by atoms with E-state index in [-0.39, 0.29) is 37.7 Å². The lowest BCUT2D eigenvalue weighted by molar-refractivity contribution is -0.141. The number of carbonyl (C=O) groups is 2. The molecule has 0 aliphatic carbocycles. The molecule has 0 bridgehead atoms. The Balaban J connectivity index is 2.17. The number of nitrogens with zero attached hydrogens (tertiary/aromatic N) is 2. The van der Waals surface area contributed by atoms with Gasteiger partial charge in [-0.1, -0.05) is 30.7 Å². The van der Waals surface area contributed by atoms with Crippen molar-refractivity contribution < 1.29 is 22.7 Å². The number of hydrogen-bond acceptors (Lipinski definition) is 5. The predicted molar refractivity (Wildman–Crippen MR) is 135 cm³/mol. The second-order valence-corrected chi connectivity index (χ2v) is 10.2. The molecular weight excluding hydrogens is 478 g/mol. The van der Waals surface area contributed by atoms with Gasteiger partial charge in [0, 0.05) is 31.6 Å². The summed E-state index contributed by atoms with van der Waals surface area (Å²) in [6, 6.07) is 13.1. The first kappa shape index (κ1) is 27.5. The van der Waals surface area contributed by atoms with E-state index < -0.39 is 16.1 Å². The van der Waals surface area contributed by atoms with Crippen molar-refractivity contribution in [2.75, 3.05) is 31.3 Å². The smallest absolute Gasteiger partial charge is 0.242 e. The largest absolute Gasteiger partial charge is 0.497 e. The average molecular weight is 510 g/mol. The minimum absolute atomic E-state index is 0.0866. The molecule has 0 radical (unpaired) electrons. The lowest BCUT2D eigenvalue weighted by Gasteiger charge is -2.31. The van der Waals surface area contributed by atoms with Crippen LogP contribution >= 0.6 is 11.6 Å². The summed E-state index contributed by atoms with van der Waals surface area (Å²) < 4.78 is 31.1. The van der Waals surface area contributed by atoms with Crippen LogP contribution in [-0.4, -0.2) is 58.1 Å². The third-order valence-electron chi connectivity index (χ3n) is 5.41. The van der Waals surface area contributed by atoms with Crippen molar-refractivity contribution >= 4 is 39.1 Å². The number of nitrogens with one attached hydrogen (secondary N) is 1. The molecule has 8 nitrogen and oxygen atoms in total. The van der Waals surface area contributed by atoms with Gasteiger partial charge in [-0.25, -0.2) is 8.42 Å². The van der Waals surface area contributed by atoms with E-state index in [0.717, 1.165) is 11.8 Å². The molecule has 2 aromatic carbocycles. The molecule has 0 unspecified atom stereocenters. The van der Waals surface area contributed by atoms with Gasteiger partial charge in [-0.3, -0.25) is 13.9 Å². The van der Waals surface area contributed by atoms with Crippen molar-refractivity contribution in [3.05, 3.63) is 59.1 Å². The topological polar surface area (TPSA) is 96.0 Å². The molecule has 0 spiro atoms. The van der Waals surface area contributed by atoms with E-state index in [1.54, 1.807) is 48.4 Å². The molecule has 186 valence electrons. The normalized spacial score (nSPS) is 12.0. The summed E-state index contributed by atoms with van der Waals surface area (Å²) in [5, 5.41) is 3.13. The number of benzene rings is 2. The molecule has 0 aliphatic heterocycles. The van der Waals surface area contributed by atoms with E-state index in [2.05, 4.69) is 5.32 Å². The number of carbonyl (C=O) groups excluding carboxylic acids is 2. The van der Waals surface area contributed by atoms with Crippen LogP contribution in [0, 0.1) is 0 Å². The fourth-order valence-electron chi connectivity index (χ4n) is 3.63. The van der Waals surface area contributed by atoms with Crippen LogP contribution in [0.3, 0.4) is 0 Å². The highest BCUT2D eigenvalue weighted by molar-refractivity contribution is 7.92. The number of anilines is 1. The van der Waals surface area contributed by atoms with E-state index in [1.165, 1.54) is 11.4 Å². The Hall–Kier alpha value is -2.78. The van der Waals surface area contributed by atoms with Gasteiger partial charge >= 0.3 is 0 Å². The van der Waals surface area contributed by atoms with E-state index in [0.29, 0.717) is 22.9 Å². The quantitative estimate of drug-likeness (QED) is 0.472. The van der Waals surface area contributed by atoms with Crippen molar-refractivity contribution in [1.82, 2.24) is 10.2 Å². The van der Waals surface area contributed by atoms with E-state index in [1.807, 2.05) is 19.1 Å². The SMILES string of the molecule is CC[C@H](C(=O)NC)N(Cc1ccc(OC)cc1)C(=O)CCCN(c1ccc(Cl)cc1)S(C)(=O)=O. The molecule has 0 saturated carbocycles. The van der Waals surface area contributed by atoms with Gasteiger partial charge < -0.3 is 15.0 Å². The highest BCUT2D eigenvalue weighted by Crippen LogP contribution is 2.22. The van der Waals surface area contributed by atoms with Gasteiger partial charge in [0.2, 0.25) is 21.8 Å². The van der Waals surface area contributed by atoms with Gasteiger partial charge in [0.25, 0.3) is 0 Å². The zero-order chi connectivity index (χ0) is 25.3. The highest BCUT2D eigenvalue weighted by Gasteiger charge is 2.28. The molecule has 0 saturated heterocycles. The number of ether oxygens (including phenoxy) is 1. The standard InChI is InChI=1S/C24H32ClN3O5S/c1-5-22(24(30)26-2)27(17-18-8-14-21(33-3)15-9-18)23(29)7-6-16-28(34(4,31)32)20-12-10-19(25)11-13-20/h8-15,22H,5-7,16-17H2,1-4H3,(H,26,30)/t22-/m1/s1. The zero-order valence-corrected chi connectivity index (χ0v) is 21.5. The van der Waals surface area contributed by atoms with Gasteiger partial charge in [0.15, 0.2) is 0 Å². The average Bonchev–Trinajstić information content (AvgIpc) is 2.81. The molecule has 0 aliphatic rings. The van der Waals surface area contributed by atoms with Crippen LogP contribution < -0.4 is 14.4 Å². The second kappa shape index (κ2) is 12.6. The minimum Gasteiger partial charge on any atom is -0.497 e. The van der Waals surface area contributed by atoms with Crippen molar-refractivity contribution in [1.29, 1.82) is 0 Å². The van der Waals surface area contributed by atoms with Crippen LogP contribution in [0.5, 0.6) is 5.75 Å². The second-order valence-electron chi connectivity index (χ2n) is 7.82. The number of rotatable bonds is 12. The zero-order valence-electron chi connectivity index (χ0n) is 20.0. The molecular formula is C24H32ClN3O5S. The van der Waals surface area contributed by atoms with Gasteiger partial charge in [-0.05, 0) is 54.8 Å². The van der Waals surface area contributed by atoms with Crippen molar-refractivity contribution in [3.63, 3.8) is 0 Å². The lowest BCUT2D eigenvalue weighted by Crippen LogP contribution is -2.48. The number of halogens is 1. The Bertz CT molecular complexity index is 1060. The Morgan fingerprint density at radius 2 is 1.71 bits per heavy atom. The molecule has 1 atom stereocenters. The Labute approximate surface area is 206 Å². The van der Waals surface area contributed by atoms with Crippen LogP contribution in [0.15, 0.2) is 48.5 Å².